The zero-order valence-electron chi connectivity index (χ0n) is 10.0. The number of ether oxygens (including phenoxy) is 1. The third kappa shape index (κ3) is 2.45. The van der Waals surface area contributed by atoms with Gasteiger partial charge in [-0.3, -0.25) is 10.8 Å². The fourth-order valence-corrected chi connectivity index (χ4v) is 2.05. The van der Waals surface area contributed by atoms with Crippen LogP contribution in [0, 0.1) is 5.82 Å². The zero-order valence-corrected chi connectivity index (χ0v) is 10.8. The van der Waals surface area contributed by atoms with E-state index in [9.17, 15) is 9.18 Å². The fourth-order valence-electron chi connectivity index (χ4n) is 1.76. The van der Waals surface area contributed by atoms with Gasteiger partial charge in [-0.15, -0.1) is 0 Å². The summed E-state index contributed by atoms with van der Waals surface area (Å²) >= 11 is 5.97. The van der Waals surface area contributed by atoms with Crippen LogP contribution in [0.2, 0.25) is 5.02 Å². The Bertz CT molecular complexity index is 648. The number of nitrogen functional groups attached to an aromatic ring is 1. The maximum absolute atomic E-state index is 13.2. The van der Waals surface area contributed by atoms with Gasteiger partial charge in [0, 0.05) is 17.6 Å². The van der Waals surface area contributed by atoms with Crippen LogP contribution in [0.4, 0.5) is 10.1 Å². The topological polar surface area (TPSA) is 77.2 Å². The average Bonchev–Trinajstić information content (AvgIpc) is 2.37. The number of pyridine rings is 1. The number of anilines is 1. The number of hydrogen-bond acceptors (Lipinski definition) is 5. The first-order valence-corrected chi connectivity index (χ1v) is 5.87. The van der Waals surface area contributed by atoms with Gasteiger partial charge < -0.3 is 10.2 Å². The summed E-state index contributed by atoms with van der Waals surface area (Å²) in [5, 5.41) is 0.484. The standard InChI is InChI=1S/C12H11ClFN3O2/c1-2-19-12(18)7-5-16-9-4-6(14)3-8(13)10(9)11(7)17-15/h3-5H,2,15H2,1H3,(H,16,17). The zero-order chi connectivity index (χ0) is 14.0. The number of hydrogen-bond donors (Lipinski definition) is 2. The number of nitrogens with two attached hydrogens (primary N) is 1. The third-order valence-electron chi connectivity index (χ3n) is 2.53. The second-order valence-corrected chi connectivity index (χ2v) is 4.10. The van der Waals surface area contributed by atoms with Gasteiger partial charge in [-0.05, 0) is 13.0 Å². The highest BCUT2D eigenvalue weighted by Crippen LogP contribution is 2.32. The first-order chi connectivity index (χ1) is 9.08. The number of benzene rings is 1. The van der Waals surface area contributed by atoms with E-state index in [1.165, 1.54) is 12.3 Å². The van der Waals surface area contributed by atoms with E-state index in [-0.39, 0.29) is 22.9 Å². The first-order valence-electron chi connectivity index (χ1n) is 5.50. The summed E-state index contributed by atoms with van der Waals surface area (Å²) in [6.07, 6.45) is 1.27. The van der Waals surface area contributed by atoms with Crippen LogP contribution in [-0.4, -0.2) is 17.6 Å². The molecule has 0 fully saturated rings. The second-order valence-electron chi connectivity index (χ2n) is 3.69. The van der Waals surface area contributed by atoms with Gasteiger partial charge in [0.2, 0.25) is 0 Å². The molecule has 0 radical (unpaired) electrons. The molecule has 0 amide bonds. The van der Waals surface area contributed by atoms with Crippen LogP contribution in [0.5, 0.6) is 0 Å². The van der Waals surface area contributed by atoms with Crippen LogP contribution in [0.1, 0.15) is 17.3 Å². The molecule has 19 heavy (non-hydrogen) atoms. The second kappa shape index (κ2) is 5.38. The minimum Gasteiger partial charge on any atom is -0.462 e. The summed E-state index contributed by atoms with van der Waals surface area (Å²) in [7, 11) is 0. The Morgan fingerprint density at radius 1 is 1.58 bits per heavy atom. The Morgan fingerprint density at radius 3 is 2.95 bits per heavy atom. The average molecular weight is 284 g/mol. The number of aromatic nitrogens is 1. The molecule has 0 bridgehead atoms. The van der Waals surface area contributed by atoms with Crippen molar-refractivity contribution in [3.05, 3.63) is 34.7 Å². The molecule has 1 heterocycles. The van der Waals surface area contributed by atoms with Gasteiger partial charge in [-0.2, -0.15) is 0 Å². The van der Waals surface area contributed by atoms with E-state index < -0.39 is 11.8 Å². The molecule has 1 aromatic carbocycles. The predicted octanol–water partition coefficient (Wildman–Crippen LogP) is 2.49. The molecule has 2 aromatic rings. The van der Waals surface area contributed by atoms with Crippen LogP contribution in [-0.2, 0) is 4.74 Å². The van der Waals surface area contributed by atoms with Crippen LogP contribution in [0.25, 0.3) is 10.9 Å². The molecule has 0 aliphatic rings. The molecule has 0 spiro atoms. The maximum atomic E-state index is 13.2. The Morgan fingerprint density at radius 2 is 2.32 bits per heavy atom. The van der Waals surface area contributed by atoms with Crippen molar-refractivity contribution in [1.29, 1.82) is 0 Å². The summed E-state index contributed by atoms with van der Waals surface area (Å²) < 4.78 is 18.1. The summed E-state index contributed by atoms with van der Waals surface area (Å²) in [6, 6.07) is 2.33. The van der Waals surface area contributed by atoms with Crippen LogP contribution >= 0.6 is 11.6 Å². The SMILES string of the molecule is CCOC(=O)c1cnc2cc(F)cc(Cl)c2c1NN. The Balaban J connectivity index is 2.72. The van der Waals surface area contributed by atoms with Crippen LogP contribution in [0.3, 0.4) is 0 Å². The minimum absolute atomic E-state index is 0.113. The van der Waals surface area contributed by atoms with E-state index in [0.717, 1.165) is 6.07 Å². The first kappa shape index (κ1) is 13.5. The van der Waals surface area contributed by atoms with Gasteiger partial charge in [-0.25, -0.2) is 9.18 Å². The summed E-state index contributed by atoms with van der Waals surface area (Å²) in [5.74, 6) is 4.32. The van der Waals surface area contributed by atoms with E-state index >= 15 is 0 Å². The van der Waals surface area contributed by atoms with Gasteiger partial charge in [-0.1, -0.05) is 11.6 Å². The number of halogens is 2. The molecule has 0 atom stereocenters. The van der Waals surface area contributed by atoms with E-state index in [1.807, 2.05) is 0 Å². The number of nitrogens with one attached hydrogen (secondary N) is 1. The highest BCUT2D eigenvalue weighted by Gasteiger charge is 2.18. The number of carbonyl (C=O) groups is 1. The number of esters is 1. The molecule has 1 aromatic heterocycles. The highest BCUT2D eigenvalue weighted by molar-refractivity contribution is 6.36. The van der Waals surface area contributed by atoms with E-state index in [1.54, 1.807) is 6.92 Å². The molecule has 7 heteroatoms. The van der Waals surface area contributed by atoms with Crippen molar-refractivity contribution in [3.63, 3.8) is 0 Å². The summed E-state index contributed by atoms with van der Waals surface area (Å²) in [6.45, 7) is 1.91. The quantitative estimate of drug-likeness (QED) is 0.514. The highest BCUT2D eigenvalue weighted by atomic mass is 35.5. The lowest BCUT2D eigenvalue weighted by Gasteiger charge is -2.12. The molecule has 5 nitrogen and oxygen atoms in total. The Kier molecular flexibility index (Phi) is 3.82. The number of carbonyl (C=O) groups excluding carboxylic acids is 1. The molecule has 0 saturated carbocycles. The molecule has 0 unspecified atom stereocenters. The van der Waals surface area contributed by atoms with Gasteiger partial charge in [0.25, 0.3) is 0 Å². The fraction of sp³-hybridized carbons (Fsp3) is 0.167. The Hall–Kier alpha value is -1.92. The van der Waals surface area contributed by atoms with Crippen molar-refractivity contribution in [2.75, 3.05) is 12.0 Å². The van der Waals surface area contributed by atoms with Gasteiger partial charge in [0.1, 0.15) is 11.4 Å². The van der Waals surface area contributed by atoms with Crippen molar-refractivity contribution in [1.82, 2.24) is 4.98 Å². The third-order valence-corrected chi connectivity index (χ3v) is 2.82. The van der Waals surface area contributed by atoms with Gasteiger partial charge in [0.15, 0.2) is 0 Å². The lowest BCUT2D eigenvalue weighted by Crippen LogP contribution is -2.15. The van der Waals surface area contributed by atoms with Crippen molar-refractivity contribution in [2.24, 2.45) is 5.84 Å². The van der Waals surface area contributed by atoms with Crippen LogP contribution in [0.15, 0.2) is 18.3 Å². The molecule has 2 rings (SSSR count). The lowest BCUT2D eigenvalue weighted by molar-refractivity contribution is 0.0527. The Labute approximate surface area is 113 Å². The van der Waals surface area contributed by atoms with E-state index in [0.29, 0.717) is 10.9 Å². The molecule has 0 aliphatic carbocycles. The monoisotopic (exact) mass is 283 g/mol. The number of rotatable bonds is 3. The van der Waals surface area contributed by atoms with E-state index in [2.05, 4.69) is 10.4 Å². The van der Waals surface area contributed by atoms with Gasteiger partial charge >= 0.3 is 5.97 Å². The molecular formula is C12H11ClFN3O2. The minimum atomic E-state index is -0.578. The molecule has 0 aliphatic heterocycles. The smallest absolute Gasteiger partial charge is 0.341 e. The normalized spacial score (nSPS) is 10.5. The molecule has 0 saturated heterocycles. The molecule has 100 valence electrons. The number of nitrogens with zero attached hydrogens (tertiary/aromatic N) is 1. The molecule has 3 N–H and O–H groups in total. The lowest BCUT2D eigenvalue weighted by atomic mass is 10.1. The summed E-state index contributed by atoms with van der Waals surface area (Å²) in [4.78, 5) is 15.8. The number of fused-ring (bicyclic) bond motifs is 1. The summed E-state index contributed by atoms with van der Waals surface area (Å²) in [5.41, 5.74) is 3.09. The van der Waals surface area contributed by atoms with E-state index in [4.69, 9.17) is 22.2 Å². The van der Waals surface area contributed by atoms with Crippen LogP contribution < -0.4 is 11.3 Å². The largest absolute Gasteiger partial charge is 0.462 e. The van der Waals surface area contributed by atoms with Crippen molar-refractivity contribution in [3.8, 4) is 0 Å². The number of hydrazine groups is 1. The molecular weight excluding hydrogens is 273 g/mol. The maximum Gasteiger partial charge on any atom is 0.341 e. The van der Waals surface area contributed by atoms with Crippen molar-refractivity contribution < 1.29 is 13.9 Å². The van der Waals surface area contributed by atoms with Crippen molar-refractivity contribution in [2.45, 2.75) is 6.92 Å². The van der Waals surface area contributed by atoms with Crippen molar-refractivity contribution >= 4 is 34.2 Å². The predicted molar refractivity (Wildman–Crippen MR) is 70.5 cm³/mol. The van der Waals surface area contributed by atoms with Gasteiger partial charge in [0.05, 0.1) is 22.8 Å².